The number of amides is 1. The average molecular weight is 357 g/mol. The lowest BCUT2D eigenvalue weighted by atomic mass is 10.1. The summed E-state index contributed by atoms with van der Waals surface area (Å²) in [4.78, 5) is 18.3. The molecule has 1 N–H and O–H groups in total. The van der Waals surface area contributed by atoms with Gasteiger partial charge in [0.1, 0.15) is 5.82 Å². The zero-order valence-corrected chi connectivity index (χ0v) is 14.7. The summed E-state index contributed by atoms with van der Waals surface area (Å²) in [5, 5.41) is 2.92. The molecule has 0 unspecified atom stereocenters. The number of rotatable bonds is 7. The third-order valence-electron chi connectivity index (χ3n) is 4.47. The highest BCUT2D eigenvalue weighted by Crippen LogP contribution is 2.16. The van der Waals surface area contributed by atoms with Gasteiger partial charge in [-0.05, 0) is 37.1 Å². The van der Waals surface area contributed by atoms with Crippen LogP contribution in [0.5, 0.6) is 0 Å². The molecule has 26 heavy (non-hydrogen) atoms. The number of carbonyl (C=O) groups is 1. The van der Waals surface area contributed by atoms with Crippen molar-refractivity contribution in [1.29, 1.82) is 0 Å². The highest BCUT2D eigenvalue weighted by atomic mass is 19.1. The second-order valence-corrected chi connectivity index (χ2v) is 6.54. The number of nitrogens with one attached hydrogen (secondary N) is 1. The van der Waals surface area contributed by atoms with Crippen LogP contribution in [-0.2, 0) is 22.7 Å². The largest absolute Gasteiger partial charge is 0.372 e. The highest BCUT2D eigenvalue weighted by Gasteiger charge is 2.22. The molecule has 6 heteroatoms. The maximum absolute atomic E-state index is 13.7. The SMILES string of the molecule is O=C(CN1CCC[C@H](OCc2ccccc2F)C1)NCc1cccnc1. The maximum Gasteiger partial charge on any atom is 0.234 e. The van der Waals surface area contributed by atoms with E-state index in [1.807, 2.05) is 18.2 Å². The van der Waals surface area contributed by atoms with E-state index in [1.54, 1.807) is 24.5 Å². The molecule has 0 saturated carbocycles. The number of hydrogen-bond donors (Lipinski definition) is 1. The van der Waals surface area contributed by atoms with Gasteiger partial charge >= 0.3 is 0 Å². The molecule has 0 bridgehead atoms. The van der Waals surface area contributed by atoms with Crippen molar-refractivity contribution in [2.75, 3.05) is 19.6 Å². The molecule has 1 fully saturated rings. The number of benzene rings is 1. The van der Waals surface area contributed by atoms with E-state index in [9.17, 15) is 9.18 Å². The summed E-state index contributed by atoms with van der Waals surface area (Å²) in [6.07, 6.45) is 5.38. The molecule has 2 heterocycles. The van der Waals surface area contributed by atoms with E-state index in [1.165, 1.54) is 6.07 Å². The summed E-state index contributed by atoms with van der Waals surface area (Å²) in [5.41, 5.74) is 1.55. The molecule has 1 aliphatic heterocycles. The van der Waals surface area contributed by atoms with E-state index in [0.717, 1.165) is 24.9 Å². The Kier molecular flexibility index (Phi) is 6.68. The van der Waals surface area contributed by atoms with E-state index < -0.39 is 0 Å². The molecule has 1 saturated heterocycles. The Morgan fingerprint density at radius 2 is 2.19 bits per heavy atom. The number of halogens is 1. The molecule has 0 aliphatic carbocycles. The number of ether oxygens (including phenoxy) is 1. The monoisotopic (exact) mass is 357 g/mol. The fourth-order valence-corrected chi connectivity index (χ4v) is 3.08. The van der Waals surface area contributed by atoms with Crippen molar-refractivity contribution in [2.24, 2.45) is 0 Å². The molecule has 0 radical (unpaired) electrons. The lowest BCUT2D eigenvalue weighted by Gasteiger charge is -2.32. The smallest absolute Gasteiger partial charge is 0.234 e. The van der Waals surface area contributed by atoms with Crippen LogP contribution in [-0.4, -0.2) is 41.5 Å². The van der Waals surface area contributed by atoms with Crippen LogP contribution in [0, 0.1) is 5.82 Å². The van der Waals surface area contributed by atoms with Crippen molar-refractivity contribution in [3.05, 3.63) is 65.7 Å². The Balaban J connectivity index is 1.41. The van der Waals surface area contributed by atoms with Gasteiger partial charge in [-0.25, -0.2) is 4.39 Å². The van der Waals surface area contributed by atoms with Crippen molar-refractivity contribution in [1.82, 2.24) is 15.2 Å². The third-order valence-corrected chi connectivity index (χ3v) is 4.47. The van der Waals surface area contributed by atoms with Crippen molar-refractivity contribution in [3.63, 3.8) is 0 Å². The third kappa shape index (κ3) is 5.61. The Morgan fingerprint density at radius 1 is 1.31 bits per heavy atom. The number of piperidine rings is 1. The standard InChI is InChI=1S/C20H24FN3O2/c21-19-8-2-1-6-17(19)15-26-18-7-4-10-24(13-18)14-20(25)23-12-16-5-3-9-22-11-16/h1-3,5-6,8-9,11,18H,4,7,10,12-15H2,(H,23,25)/t18-/m0/s1. The van der Waals surface area contributed by atoms with E-state index in [0.29, 0.717) is 25.2 Å². The van der Waals surface area contributed by atoms with Gasteiger partial charge in [-0.2, -0.15) is 0 Å². The summed E-state index contributed by atoms with van der Waals surface area (Å²) in [5.74, 6) is -0.251. The second-order valence-electron chi connectivity index (χ2n) is 6.54. The molecule has 1 aromatic heterocycles. The fraction of sp³-hybridized carbons (Fsp3) is 0.400. The molecule has 0 spiro atoms. The Labute approximate surface area is 153 Å². The Morgan fingerprint density at radius 3 is 3.00 bits per heavy atom. The van der Waals surface area contributed by atoms with Crippen LogP contribution in [0.4, 0.5) is 4.39 Å². The van der Waals surface area contributed by atoms with Gasteiger partial charge in [0.2, 0.25) is 5.91 Å². The molecule has 1 aromatic carbocycles. The molecule has 3 rings (SSSR count). The van der Waals surface area contributed by atoms with Gasteiger partial charge in [0.25, 0.3) is 0 Å². The summed E-state index contributed by atoms with van der Waals surface area (Å²) < 4.78 is 19.5. The van der Waals surface area contributed by atoms with Crippen LogP contribution >= 0.6 is 0 Å². The highest BCUT2D eigenvalue weighted by molar-refractivity contribution is 5.78. The van der Waals surface area contributed by atoms with Crippen LogP contribution in [0.1, 0.15) is 24.0 Å². The van der Waals surface area contributed by atoms with E-state index >= 15 is 0 Å². The van der Waals surface area contributed by atoms with E-state index in [4.69, 9.17) is 4.74 Å². The fourth-order valence-electron chi connectivity index (χ4n) is 3.08. The molecule has 5 nitrogen and oxygen atoms in total. The minimum atomic E-state index is -0.241. The van der Waals surface area contributed by atoms with Crippen molar-refractivity contribution < 1.29 is 13.9 Å². The van der Waals surface area contributed by atoms with Crippen molar-refractivity contribution >= 4 is 5.91 Å². The lowest BCUT2D eigenvalue weighted by Crippen LogP contribution is -2.44. The zero-order chi connectivity index (χ0) is 18.2. The van der Waals surface area contributed by atoms with E-state index in [-0.39, 0.29) is 24.4 Å². The first kappa shape index (κ1) is 18.5. The Hall–Kier alpha value is -2.31. The predicted octanol–water partition coefficient (Wildman–Crippen LogP) is 2.52. The summed E-state index contributed by atoms with van der Waals surface area (Å²) in [6.45, 7) is 2.65. The lowest BCUT2D eigenvalue weighted by molar-refractivity contribution is -0.123. The molecule has 1 atom stereocenters. The molecular formula is C20H24FN3O2. The predicted molar refractivity (Wildman–Crippen MR) is 96.7 cm³/mol. The number of likely N-dealkylation sites (tertiary alicyclic amines) is 1. The number of nitrogens with zero attached hydrogens (tertiary/aromatic N) is 2. The quantitative estimate of drug-likeness (QED) is 0.827. The van der Waals surface area contributed by atoms with Gasteiger partial charge in [-0.1, -0.05) is 24.3 Å². The minimum Gasteiger partial charge on any atom is -0.372 e. The normalized spacial score (nSPS) is 17.8. The van der Waals surface area contributed by atoms with Crippen LogP contribution < -0.4 is 5.32 Å². The van der Waals surface area contributed by atoms with Gasteiger partial charge < -0.3 is 10.1 Å². The second kappa shape index (κ2) is 9.40. The van der Waals surface area contributed by atoms with Crippen molar-refractivity contribution in [2.45, 2.75) is 32.1 Å². The molecular weight excluding hydrogens is 333 g/mol. The van der Waals surface area contributed by atoms with Crippen LogP contribution in [0.3, 0.4) is 0 Å². The van der Waals surface area contributed by atoms with Gasteiger partial charge in [-0.15, -0.1) is 0 Å². The first-order valence-corrected chi connectivity index (χ1v) is 8.93. The zero-order valence-electron chi connectivity index (χ0n) is 14.7. The molecule has 2 aromatic rings. The first-order chi connectivity index (χ1) is 12.7. The number of aromatic nitrogens is 1. The van der Waals surface area contributed by atoms with Gasteiger partial charge in [0.05, 0.1) is 19.3 Å². The number of hydrogen-bond acceptors (Lipinski definition) is 4. The summed E-state index contributed by atoms with van der Waals surface area (Å²) in [7, 11) is 0. The Bertz CT molecular complexity index is 711. The average Bonchev–Trinajstić information content (AvgIpc) is 2.67. The molecule has 138 valence electrons. The topological polar surface area (TPSA) is 54.5 Å². The maximum atomic E-state index is 13.7. The van der Waals surface area contributed by atoms with Gasteiger partial charge in [0.15, 0.2) is 0 Å². The van der Waals surface area contributed by atoms with Crippen LogP contribution in [0.15, 0.2) is 48.8 Å². The van der Waals surface area contributed by atoms with E-state index in [2.05, 4.69) is 15.2 Å². The van der Waals surface area contributed by atoms with Gasteiger partial charge in [0, 0.05) is 31.0 Å². The minimum absolute atomic E-state index is 0.0105. The van der Waals surface area contributed by atoms with Crippen LogP contribution in [0.2, 0.25) is 0 Å². The number of carbonyl (C=O) groups excluding carboxylic acids is 1. The van der Waals surface area contributed by atoms with Gasteiger partial charge in [-0.3, -0.25) is 14.7 Å². The molecule has 1 amide bonds. The van der Waals surface area contributed by atoms with Crippen LogP contribution in [0.25, 0.3) is 0 Å². The first-order valence-electron chi connectivity index (χ1n) is 8.93. The number of pyridine rings is 1. The van der Waals surface area contributed by atoms with Crippen molar-refractivity contribution in [3.8, 4) is 0 Å². The summed E-state index contributed by atoms with van der Waals surface area (Å²) >= 11 is 0. The molecule has 1 aliphatic rings. The summed E-state index contributed by atoms with van der Waals surface area (Å²) in [6, 6.07) is 10.4.